The lowest BCUT2D eigenvalue weighted by molar-refractivity contribution is 0.169. The maximum absolute atomic E-state index is 5.89. The molecule has 74 valence electrons. The number of nitrogens with one attached hydrogen (secondary N) is 1. The molecule has 2 heterocycles. The molecule has 0 radical (unpaired) electrons. The van der Waals surface area contributed by atoms with Crippen molar-refractivity contribution in [1.82, 2.24) is 10.3 Å². The Hall–Kier alpha value is -1.09. The minimum absolute atomic E-state index is 0.352. The third-order valence-corrected chi connectivity index (χ3v) is 3.25. The third kappa shape index (κ3) is 1.28. The van der Waals surface area contributed by atoms with Gasteiger partial charge in [0.15, 0.2) is 0 Å². The average molecular weight is 190 g/mol. The van der Waals surface area contributed by atoms with E-state index in [1.54, 1.807) is 6.20 Å². The van der Waals surface area contributed by atoms with Crippen molar-refractivity contribution >= 4 is 0 Å². The van der Waals surface area contributed by atoms with Gasteiger partial charge < -0.3 is 10.1 Å². The molecule has 0 amide bonds. The molecule has 3 rings (SSSR count). The summed E-state index contributed by atoms with van der Waals surface area (Å²) in [6.45, 7) is 1.11. The van der Waals surface area contributed by atoms with Crippen LogP contribution in [-0.4, -0.2) is 23.7 Å². The Balaban J connectivity index is 1.74. The molecule has 1 saturated carbocycles. The van der Waals surface area contributed by atoms with Gasteiger partial charge >= 0.3 is 0 Å². The van der Waals surface area contributed by atoms with E-state index in [0.29, 0.717) is 18.1 Å². The van der Waals surface area contributed by atoms with Gasteiger partial charge in [0.2, 0.25) is 5.88 Å². The Bertz CT molecular complexity index is 294. The molecule has 1 saturated heterocycles. The second-order valence-corrected chi connectivity index (χ2v) is 4.10. The smallest absolute Gasteiger partial charge is 0.213 e. The normalized spacial score (nSPS) is 34.7. The molecule has 1 aromatic rings. The molecule has 2 bridgehead atoms. The minimum atomic E-state index is 0.352. The van der Waals surface area contributed by atoms with E-state index in [1.165, 1.54) is 12.8 Å². The number of rotatable bonds is 2. The zero-order valence-electron chi connectivity index (χ0n) is 8.02. The molecule has 14 heavy (non-hydrogen) atoms. The van der Waals surface area contributed by atoms with Gasteiger partial charge in [-0.15, -0.1) is 0 Å². The number of piperidine rings is 1. The molecular weight excluding hydrogens is 176 g/mol. The Morgan fingerprint density at radius 1 is 1.36 bits per heavy atom. The van der Waals surface area contributed by atoms with E-state index in [-0.39, 0.29) is 0 Å². The van der Waals surface area contributed by atoms with Gasteiger partial charge in [0.1, 0.15) is 6.10 Å². The van der Waals surface area contributed by atoms with Gasteiger partial charge in [-0.2, -0.15) is 0 Å². The van der Waals surface area contributed by atoms with E-state index in [4.69, 9.17) is 4.74 Å². The maximum Gasteiger partial charge on any atom is 0.213 e. The lowest BCUT2D eigenvalue weighted by Crippen LogP contribution is -2.31. The number of ether oxygens (including phenoxy) is 1. The summed E-state index contributed by atoms with van der Waals surface area (Å²) < 4.78 is 5.89. The van der Waals surface area contributed by atoms with E-state index in [2.05, 4.69) is 10.3 Å². The Morgan fingerprint density at radius 3 is 2.93 bits per heavy atom. The van der Waals surface area contributed by atoms with Crippen molar-refractivity contribution in [3.8, 4) is 5.88 Å². The largest absolute Gasteiger partial charge is 0.472 e. The highest BCUT2D eigenvalue weighted by molar-refractivity contribution is 5.12. The van der Waals surface area contributed by atoms with Gasteiger partial charge in [-0.3, -0.25) is 0 Å². The topological polar surface area (TPSA) is 34.1 Å². The molecule has 1 N–H and O–H groups in total. The quantitative estimate of drug-likeness (QED) is 0.761. The van der Waals surface area contributed by atoms with Crippen LogP contribution >= 0.6 is 0 Å². The number of hydrogen-bond acceptors (Lipinski definition) is 3. The second kappa shape index (κ2) is 3.24. The van der Waals surface area contributed by atoms with Crippen LogP contribution in [0.2, 0.25) is 0 Å². The molecule has 1 aliphatic heterocycles. The first-order chi connectivity index (χ1) is 6.93. The van der Waals surface area contributed by atoms with E-state index >= 15 is 0 Å². The summed E-state index contributed by atoms with van der Waals surface area (Å²) in [5, 5.41) is 3.47. The van der Waals surface area contributed by atoms with Gasteiger partial charge in [0.05, 0.1) is 0 Å². The molecule has 0 aromatic carbocycles. The molecule has 0 unspecified atom stereocenters. The Kier molecular flexibility index (Phi) is 1.91. The fourth-order valence-electron chi connectivity index (χ4n) is 2.52. The van der Waals surface area contributed by atoms with Gasteiger partial charge in [-0.25, -0.2) is 4.98 Å². The molecule has 1 aliphatic carbocycles. The van der Waals surface area contributed by atoms with Crippen LogP contribution in [0.25, 0.3) is 0 Å². The van der Waals surface area contributed by atoms with Crippen LogP contribution in [0.5, 0.6) is 5.88 Å². The van der Waals surface area contributed by atoms with Crippen molar-refractivity contribution in [2.75, 3.05) is 6.54 Å². The van der Waals surface area contributed by atoms with Crippen molar-refractivity contribution < 1.29 is 4.74 Å². The lowest BCUT2D eigenvalue weighted by Gasteiger charge is -2.16. The number of pyridine rings is 1. The Morgan fingerprint density at radius 2 is 2.36 bits per heavy atom. The van der Waals surface area contributed by atoms with Crippen LogP contribution in [0.4, 0.5) is 0 Å². The molecule has 3 heteroatoms. The molecule has 0 spiro atoms. The maximum atomic E-state index is 5.89. The van der Waals surface area contributed by atoms with Crippen molar-refractivity contribution in [3.05, 3.63) is 24.4 Å². The lowest BCUT2D eigenvalue weighted by atomic mass is 10.1. The number of hydrogen-bond donors (Lipinski definition) is 1. The molecule has 1 aromatic heterocycles. The molecular formula is C11H14N2O. The fraction of sp³-hybridized carbons (Fsp3) is 0.545. The highest BCUT2D eigenvalue weighted by atomic mass is 16.5. The number of aromatic nitrogens is 1. The van der Waals surface area contributed by atoms with Crippen LogP contribution in [0, 0.1) is 5.92 Å². The summed E-state index contributed by atoms with van der Waals surface area (Å²) in [4.78, 5) is 4.19. The first-order valence-electron chi connectivity index (χ1n) is 5.24. The van der Waals surface area contributed by atoms with Crippen LogP contribution in [-0.2, 0) is 0 Å². The van der Waals surface area contributed by atoms with Crippen molar-refractivity contribution in [1.29, 1.82) is 0 Å². The standard InChI is InChI=1S/C11H14N2O/c1-2-6-12-10(3-1)14-11-8-4-5-9(11)13-7-8/h1-3,6,8-9,11,13H,4-5,7H2/t8-,9+,11-/m0/s1. The summed E-state index contributed by atoms with van der Waals surface area (Å²) in [5.41, 5.74) is 0. The van der Waals surface area contributed by atoms with E-state index in [9.17, 15) is 0 Å². The second-order valence-electron chi connectivity index (χ2n) is 4.10. The van der Waals surface area contributed by atoms with Crippen LogP contribution < -0.4 is 10.1 Å². The van der Waals surface area contributed by atoms with E-state index < -0.39 is 0 Å². The van der Waals surface area contributed by atoms with E-state index in [1.807, 2.05) is 18.2 Å². The fourth-order valence-corrected chi connectivity index (χ4v) is 2.52. The van der Waals surface area contributed by atoms with Crippen molar-refractivity contribution in [2.24, 2.45) is 5.92 Å². The monoisotopic (exact) mass is 190 g/mol. The van der Waals surface area contributed by atoms with Gasteiger partial charge in [-0.05, 0) is 18.9 Å². The van der Waals surface area contributed by atoms with Gasteiger partial charge in [0.25, 0.3) is 0 Å². The van der Waals surface area contributed by atoms with Crippen LogP contribution in [0.15, 0.2) is 24.4 Å². The van der Waals surface area contributed by atoms with Crippen LogP contribution in [0.1, 0.15) is 12.8 Å². The Labute approximate surface area is 83.5 Å². The van der Waals surface area contributed by atoms with Crippen molar-refractivity contribution in [2.45, 2.75) is 25.0 Å². The van der Waals surface area contributed by atoms with E-state index in [0.717, 1.165) is 12.4 Å². The third-order valence-electron chi connectivity index (χ3n) is 3.25. The summed E-state index contributed by atoms with van der Waals surface area (Å²) >= 11 is 0. The summed E-state index contributed by atoms with van der Waals surface area (Å²) in [6, 6.07) is 6.36. The summed E-state index contributed by atoms with van der Waals surface area (Å²) in [5.74, 6) is 1.46. The predicted molar refractivity (Wildman–Crippen MR) is 53.2 cm³/mol. The predicted octanol–water partition coefficient (Wildman–Crippen LogP) is 1.21. The highest BCUT2D eigenvalue weighted by Crippen LogP contribution is 2.33. The van der Waals surface area contributed by atoms with Crippen LogP contribution in [0.3, 0.4) is 0 Å². The average Bonchev–Trinajstić information content (AvgIpc) is 2.80. The SMILES string of the molecule is c1ccc(O[C@H]2[C@H]3CC[C@H]2NC3)nc1. The van der Waals surface area contributed by atoms with Gasteiger partial charge in [0, 0.05) is 30.8 Å². The summed E-state index contributed by atoms with van der Waals surface area (Å²) in [6.07, 6.45) is 4.68. The van der Waals surface area contributed by atoms with Crippen molar-refractivity contribution in [3.63, 3.8) is 0 Å². The van der Waals surface area contributed by atoms with Gasteiger partial charge in [-0.1, -0.05) is 6.07 Å². The zero-order chi connectivity index (χ0) is 9.38. The number of nitrogens with zero attached hydrogens (tertiary/aromatic N) is 1. The molecule has 2 aliphatic rings. The first kappa shape index (κ1) is 8.24. The first-order valence-corrected chi connectivity index (χ1v) is 5.24. The number of fused-ring (bicyclic) bond motifs is 2. The minimum Gasteiger partial charge on any atom is -0.472 e. The summed E-state index contributed by atoms with van der Waals surface area (Å²) in [7, 11) is 0. The molecule has 2 fully saturated rings. The molecule has 3 atom stereocenters. The molecule has 3 nitrogen and oxygen atoms in total. The highest BCUT2D eigenvalue weighted by Gasteiger charge is 2.43. The zero-order valence-corrected chi connectivity index (χ0v) is 8.02.